The van der Waals surface area contributed by atoms with Crippen LogP contribution in [0.4, 0.5) is 14.5 Å². The average molecular weight is 558 g/mol. The predicted octanol–water partition coefficient (Wildman–Crippen LogP) is 3.94. The minimum Gasteiger partial charge on any atom is -0.454 e. The number of benzene rings is 2. The van der Waals surface area contributed by atoms with E-state index in [9.17, 15) is 8.78 Å². The lowest BCUT2D eigenvalue weighted by Gasteiger charge is -2.18. The van der Waals surface area contributed by atoms with E-state index in [2.05, 4.69) is 15.5 Å². The summed E-state index contributed by atoms with van der Waals surface area (Å²) < 4.78 is 37.5. The zero-order valence-electron chi connectivity index (χ0n) is 18.1. The fourth-order valence-corrected chi connectivity index (χ4v) is 3.88. The van der Waals surface area contributed by atoms with E-state index in [4.69, 9.17) is 14.5 Å². The Labute approximate surface area is 204 Å². The summed E-state index contributed by atoms with van der Waals surface area (Å²) >= 11 is 0. The second kappa shape index (κ2) is 11.5. The standard InChI is InChI=1S/C23H28F2N4O2.HI/c1-2-26-23(27-9-7-16-3-6-21-22(11-16)31-15-30-21)28-13-17-8-10-29(14-17)18-4-5-19(24)20(25)12-18;/h3-6,11-12,17H,2,7-10,13-15H2,1H3,(H2,26,27,28);1H. The molecule has 0 spiro atoms. The first kappa shape index (κ1) is 24.3. The zero-order chi connectivity index (χ0) is 21.6. The van der Waals surface area contributed by atoms with Crippen molar-refractivity contribution in [2.75, 3.05) is 44.4 Å². The molecule has 32 heavy (non-hydrogen) atoms. The number of ether oxygens (including phenoxy) is 2. The van der Waals surface area contributed by atoms with Gasteiger partial charge in [-0.2, -0.15) is 0 Å². The van der Waals surface area contributed by atoms with Crippen LogP contribution in [0.5, 0.6) is 11.5 Å². The molecule has 0 amide bonds. The molecule has 1 saturated heterocycles. The minimum absolute atomic E-state index is 0. The first-order chi connectivity index (χ1) is 15.1. The zero-order valence-corrected chi connectivity index (χ0v) is 20.4. The van der Waals surface area contributed by atoms with E-state index in [-0.39, 0.29) is 30.8 Å². The summed E-state index contributed by atoms with van der Waals surface area (Å²) in [6.45, 7) is 6.13. The normalized spacial score (nSPS) is 17.3. The van der Waals surface area contributed by atoms with Crippen LogP contribution in [-0.4, -0.2) is 45.5 Å². The summed E-state index contributed by atoms with van der Waals surface area (Å²) in [7, 11) is 0. The smallest absolute Gasteiger partial charge is 0.231 e. The predicted molar refractivity (Wildman–Crippen MR) is 132 cm³/mol. The van der Waals surface area contributed by atoms with Crippen molar-refractivity contribution in [2.24, 2.45) is 10.9 Å². The third-order valence-electron chi connectivity index (χ3n) is 5.55. The second-order valence-electron chi connectivity index (χ2n) is 7.78. The Kier molecular flexibility index (Phi) is 8.77. The maximum Gasteiger partial charge on any atom is 0.231 e. The summed E-state index contributed by atoms with van der Waals surface area (Å²) in [5.41, 5.74) is 1.89. The maximum atomic E-state index is 13.5. The van der Waals surface area contributed by atoms with Gasteiger partial charge in [0.2, 0.25) is 6.79 Å². The van der Waals surface area contributed by atoms with Crippen LogP contribution < -0.4 is 25.0 Å². The molecule has 0 aromatic heterocycles. The van der Waals surface area contributed by atoms with Crippen molar-refractivity contribution in [2.45, 2.75) is 19.8 Å². The van der Waals surface area contributed by atoms with Gasteiger partial charge in [-0.05, 0) is 55.5 Å². The Balaban J connectivity index is 0.00000289. The van der Waals surface area contributed by atoms with E-state index >= 15 is 0 Å². The van der Waals surface area contributed by atoms with Gasteiger partial charge in [-0.1, -0.05) is 6.07 Å². The van der Waals surface area contributed by atoms with Crippen molar-refractivity contribution in [1.82, 2.24) is 10.6 Å². The molecule has 2 aromatic carbocycles. The topological polar surface area (TPSA) is 58.1 Å². The molecule has 2 heterocycles. The molecule has 2 N–H and O–H groups in total. The number of rotatable bonds is 7. The van der Waals surface area contributed by atoms with Crippen molar-refractivity contribution in [3.8, 4) is 11.5 Å². The molecule has 1 atom stereocenters. The first-order valence-corrected chi connectivity index (χ1v) is 10.7. The number of anilines is 1. The summed E-state index contributed by atoms with van der Waals surface area (Å²) in [6.07, 6.45) is 1.81. The van der Waals surface area contributed by atoms with Crippen molar-refractivity contribution in [3.05, 3.63) is 53.6 Å². The lowest BCUT2D eigenvalue weighted by molar-refractivity contribution is 0.174. The minimum atomic E-state index is -0.814. The van der Waals surface area contributed by atoms with Crippen LogP contribution in [0.1, 0.15) is 18.9 Å². The van der Waals surface area contributed by atoms with Crippen molar-refractivity contribution < 1.29 is 18.3 Å². The highest BCUT2D eigenvalue weighted by molar-refractivity contribution is 14.0. The van der Waals surface area contributed by atoms with Gasteiger partial charge in [-0.3, -0.25) is 4.99 Å². The van der Waals surface area contributed by atoms with Gasteiger partial charge in [0.05, 0.1) is 0 Å². The molecule has 4 rings (SSSR count). The van der Waals surface area contributed by atoms with Gasteiger partial charge in [-0.25, -0.2) is 8.78 Å². The van der Waals surface area contributed by atoms with Gasteiger partial charge < -0.3 is 25.0 Å². The van der Waals surface area contributed by atoms with Gasteiger partial charge in [-0.15, -0.1) is 24.0 Å². The molecule has 9 heteroatoms. The average Bonchev–Trinajstić information content (AvgIpc) is 3.43. The number of hydrogen-bond acceptors (Lipinski definition) is 4. The summed E-state index contributed by atoms with van der Waals surface area (Å²) in [6, 6.07) is 10.1. The number of halogens is 3. The monoisotopic (exact) mass is 558 g/mol. The van der Waals surface area contributed by atoms with Gasteiger partial charge in [0.1, 0.15) is 0 Å². The molecule has 6 nitrogen and oxygen atoms in total. The Morgan fingerprint density at radius 2 is 1.94 bits per heavy atom. The van der Waals surface area contributed by atoms with Crippen LogP contribution in [0, 0.1) is 17.6 Å². The van der Waals surface area contributed by atoms with E-state index in [1.807, 2.05) is 25.1 Å². The SMILES string of the molecule is CCNC(=NCC1CCN(c2ccc(F)c(F)c2)C1)NCCc1ccc2c(c1)OCO2.I. The Hall–Kier alpha value is -2.30. The van der Waals surface area contributed by atoms with E-state index in [0.717, 1.165) is 62.2 Å². The quantitative estimate of drug-likeness (QED) is 0.307. The van der Waals surface area contributed by atoms with Crippen LogP contribution in [0.25, 0.3) is 0 Å². The van der Waals surface area contributed by atoms with Crippen molar-refractivity contribution >= 4 is 35.6 Å². The van der Waals surface area contributed by atoms with E-state index < -0.39 is 11.6 Å². The van der Waals surface area contributed by atoms with Gasteiger partial charge in [0, 0.05) is 44.5 Å². The number of aliphatic imine (C=N–C) groups is 1. The van der Waals surface area contributed by atoms with E-state index in [1.165, 1.54) is 17.7 Å². The van der Waals surface area contributed by atoms with Crippen molar-refractivity contribution in [1.29, 1.82) is 0 Å². The highest BCUT2D eigenvalue weighted by Crippen LogP contribution is 2.32. The van der Waals surface area contributed by atoms with Crippen LogP contribution in [0.3, 0.4) is 0 Å². The van der Waals surface area contributed by atoms with Crippen LogP contribution in [0.2, 0.25) is 0 Å². The number of hydrogen-bond donors (Lipinski definition) is 2. The van der Waals surface area contributed by atoms with Crippen LogP contribution in [-0.2, 0) is 6.42 Å². The molecular formula is C23H29F2IN4O2. The van der Waals surface area contributed by atoms with E-state index in [0.29, 0.717) is 12.5 Å². The lowest BCUT2D eigenvalue weighted by atomic mass is 10.1. The molecular weight excluding hydrogens is 529 g/mol. The second-order valence-corrected chi connectivity index (χ2v) is 7.78. The van der Waals surface area contributed by atoms with Crippen molar-refractivity contribution in [3.63, 3.8) is 0 Å². The lowest BCUT2D eigenvalue weighted by Crippen LogP contribution is -2.38. The number of nitrogens with zero attached hydrogens (tertiary/aromatic N) is 2. The highest BCUT2D eigenvalue weighted by atomic mass is 127. The number of fused-ring (bicyclic) bond motifs is 1. The fourth-order valence-electron chi connectivity index (χ4n) is 3.88. The molecule has 0 saturated carbocycles. The molecule has 0 bridgehead atoms. The molecule has 2 aliphatic heterocycles. The molecule has 0 aliphatic carbocycles. The molecule has 174 valence electrons. The molecule has 2 aromatic rings. The highest BCUT2D eigenvalue weighted by Gasteiger charge is 2.23. The molecule has 1 fully saturated rings. The maximum absolute atomic E-state index is 13.5. The molecule has 2 aliphatic rings. The first-order valence-electron chi connectivity index (χ1n) is 10.7. The summed E-state index contributed by atoms with van der Waals surface area (Å²) in [5.74, 6) is 1.13. The molecule has 1 unspecified atom stereocenters. The summed E-state index contributed by atoms with van der Waals surface area (Å²) in [5, 5.41) is 6.66. The molecule has 0 radical (unpaired) electrons. The fraction of sp³-hybridized carbons (Fsp3) is 0.435. The Morgan fingerprint density at radius 3 is 2.75 bits per heavy atom. The van der Waals surface area contributed by atoms with Crippen LogP contribution >= 0.6 is 24.0 Å². The number of nitrogens with one attached hydrogen (secondary N) is 2. The third-order valence-corrected chi connectivity index (χ3v) is 5.55. The van der Waals surface area contributed by atoms with Gasteiger partial charge >= 0.3 is 0 Å². The van der Waals surface area contributed by atoms with Gasteiger partial charge in [0.25, 0.3) is 0 Å². The van der Waals surface area contributed by atoms with Crippen LogP contribution in [0.15, 0.2) is 41.4 Å². The number of guanidine groups is 1. The Bertz CT molecular complexity index is 944. The third kappa shape index (κ3) is 6.14. The largest absolute Gasteiger partial charge is 0.454 e. The summed E-state index contributed by atoms with van der Waals surface area (Å²) in [4.78, 5) is 6.82. The Morgan fingerprint density at radius 1 is 1.09 bits per heavy atom. The van der Waals surface area contributed by atoms with E-state index in [1.54, 1.807) is 6.07 Å². The van der Waals surface area contributed by atoms with Gasteiger partial charge in [0.15, 0.2) is 29.1 Å².